The van der Waals surface area contributed by atoms with E-state index in [9.17, 15) is 15.0 Å². The summed E-state index contributed by atoms with van der Waals surface area (Å²) in [6.45, 7) is 1.85. The first-order chi connectivity index (χ1) is 7.58. The zero-order valence-corrected chi connectivity index (χ0v) is 10.6. The minimum atomic E-state index is -0.948. The van der Waals surface area contributed by atoms with Crippen molar-refractivity contribution >= 4 is 22.2 Å². The smallest absolute Gasteiger partial charge is 0.150 e. The summed E-state index contributed by atoms with van der Waals surface area (Å²) < 4.78 is 0. The highest BCUT2D eigenvalue weighted by Gasteiger charge is 2.18. The molecule has 0 spiro atoms. The first-order valence-corrected chi connectivity index (χ1v) is 6.19. The van der Waals surface area contributed by atoms with Crippen LogP contribution >= 0.6 is 15.9 Å². The van der Waals surface area contributed by atoms with E-state index in [0.717, 1.165) is 11.8 Å². The van der Waals surface area contributed by atoms with Crippen LogP contribution in [0, 0.1) is 6.92 Å². The molecule has 0 amide bonds. The maximum atomic E-state index is 10.7. The highest BCUT2D eigenvalue weighted by atomic mass is 79.9. The first kappa shape index (κ1) is 13.4. The number of aliphatic hydroxyl groups is 2. The number of hydrogen-bond acceptors (Lipinski definition) is 3. The van der Waals surface area contributed by atoms with Gasteiger partial charge in [0.25, 0.3) is 0 Å². The molecule has 2 unspecified atom stereocenters. The first-order valence-electron chi connectivity index (χ1n) is 5.07. The topological polar surface area (TPSA) is 57.5 Å². The van der Waals surface area contributed by atoms with Crippen molar-refractivity contribution in [3.63, 3.8) is 0 Å². The summed E-state index contributed by atoms with van der Waals surface area (Å²) in [5.74, 6) is 0. The molecule has 88 valence electrons. The number of aryl methyl sites for hydroxylation is 1. The Morgan fingerprint density at radius 1 is 1.38 bits per heavy atom. The molecule has 0 bridgehead atoms. The summed E-state index contributed by atoms with van der Waals surface area (Å²) in [7, 11) is 0. The number of aliphatic hydroxyl groups excluding tert-OH is 2. The van der Waals surface area contributed by atoms with E-state index in [4.69, 9.17) is 0 Å². The number of benzene rings is 1. The number of carbonyl (C=O) groups is 1. The molecule has 0 saturated heterocycles. The Morgan fingerprint density at radius 3 is 2.62 bits per heavy atom. The quantitative estimate of drug-likeness (QED) is 0.643. The van der Waals surface area contributed by atoms with Crippen molar-refractivity contribution < 1.29 is 15.0 Å². The second kappa shape index (κ2) is 6.13. The summed E-state index contributed by atoms with van der Waals surface area (Å²) >= 11 is 3.21. The number of aldehydes is 1. The Bertz CT molecular complexity index is 365. The lowest BCUT2D eigenvalue weighted by Crippen LogP contribution is -2.18. The molecule has 2 N–H and O–H groups in total. The predicted octanol–water partition coefficient (Wildman–Crippen LogP) is 1.99. The third-order valence-corrected chi connectivity index (χ3v) is 2.83. The summed E-state index contributed by atoms with van der Waals surface area (Å²) in [6.07, 6.45) is -0.567. The van der Waals surface area contributed by atoms with Gasteiger partial charge in [-0.2, -0.15) is 0 Å². The fourth-order valence-corrected chi connectivity index (χ4v) is 2.04. The van der Waals surface area contributed by atoms with Crippen LogP contribution in [0.3, 0.4) is 0 Å². The molecule has 1 aromatic rings. The van der Waals surface area contributed by atoms with E-state index in [0.29, 0.717) is 22.9 Å². The highest BCUT2D eigenvalue weighted by Crippen LogP contribution is 2.21. The van der Waals surface area contributed by atoms with Gasteiger partial charge in [-0.1, -0.05) is 27.6 Å². The van der Waals surface area contributed by atoms with Crippen molar-refractivity contribution in [2.24, 2.45) is 0 Å². The van der Waals surface area contributed by atoms with Crippen LogP contribution in [0.4, 0.5) is 0 Å². The second-order valence-corrected chi connectivity index (χ2v) is 4.58. The molecule has 3 nitrogen and oxygen atoms in total. The lowest BCUT2D eigenvalue weighted by Gasteiger charge is -2.18. The van der Waals surface area contributed by atoms with Gasteiger partial charge in [0.15, 0.2) is 0 Å². The fourth-order valence-electron chi connectivity index (χ4n) is 1.57. The SMILES string of the molecule is Cc1cc(C=O)cc(C(O)C(O)CCBr)c1. The molecule has 0 aliphatic carbocycles. The van der Waals surface area contributed by atoms with Crippen LogP contribution in [0.5, 0.6) is 0 Å². The van der Waals surface area contributed by atoms with E-state index in [1.54, 1.807) is 18.2 Å². The molecule has 0 heterocycles. The monoisotopic (exact) mass is 286 g/mol. The molecule has 1 rings (SSSR count). The van der Waals surface area contributed by atoms with Gasteiger partial charge >= 0.3 is 0 Å². The molecule has 16 heavy (non-hydrogen) atoms. The van der Waals surface area contributed by atoms with Crippen LogP contribution < -0.4 is 0 Å². The number of hydrogen-bond donors (Lipinski definition) is 2. The standard InChI is InChI=1S/C12H15BrO3/c1-8-4-9(7-14)6-10(5-8)12(16)11(15)2-3-13/h4-7,11-12,15-16H,2-3H2,1H3. The molecule has 0 radical (unpaired) electrons. The molecular formula is C12H15BrO3. The number of halogens is 1. The van der Waals surface area contributed by atoms with Crippen LogP contribution in [0.2, 0.25) is 0 Å². The summed E-state index contributed by atoms with van der Waals surface area (Å²) in [5, 5.41) is 20.2. The Hall–Kier alpha value is -0.710. The average molecular weight is 287 g/mol. The van der Waals surface area contributed by atoms with Gasteiger partial charge in [0.2, 0.25) is 0 Å². The lowest BCUT2D eigenvalue weighted by atomic mass is 9.98. The van der Waals surface area contributed by atoms with E-state index in [2.05, 4.69) is 15.9 Å². The molecule has 0 fully saturated rings. The summed E-state index contributed by atoms with van der Waals surface area (Å²) in [5.41, 5.74) is 1.99. The minimum absolute atomic E-state index is 0.464. The van der Waals surface area contributed by atoms with E-state index in [1.165, 1.54) is 0 Å². The van der Waals surface area contributed by atoms with Gasteiger partial charge in [-0.3, -0.25) is 4.79 Å². The Balaban J connectivity index is 2.93. The lowest BCUT2D eigenvalue weighted by molar-refractivity contribution is 0.0173. The van der Waals surface area contributed by atoms with Crippen molar-refractivity contribution in [2.45, 2.75) is 25.6 Å². The van der Waals surface area contributed by atoms with Crippen molar-refractivity contribution in [2.75, 3.05) is 5.33 Å². The normalized spacial score (nSPS) is 14.5. The average Bonchev–Trinajstić information content (AvgIpc) is 2.27. The Morgan fingerprint density at radius 2 is 2.06 bits per heavy atom. The van der Waals surface area contributed by atoms with Crippen molar-refractivity contribution in [1.82, 2.24) is 0 Å². The van der Waals surface area contributed by atoms with E-state index in [-0.39, 0.29) is 0 Å². The van der Waals surface area contributed by atoms with Gasteiger partial charge in [-0.05, 0) is 31.0 Å². The van der Waals surface area contributed by atoms with Crippen LogP contribution in [0.1, 0.15) is 34.0 Å². The van der Waals surface area contributed by atoms with Crippen molar-refractivity contribution in [1.29, 1.82) is 0 Å². The van der Waals surface area contributed by atoms with Crippen molar-refractivity contribution in [3.05, 3.63) is 34.9 Å². The number of carbonyl (C=O) groups excluding carboxylic acids is 1. The van der Waals surface area contributed by atoms with E-state index >= 15 is 0 Å². The fraction of sp³-hybridized carbons (Fsp3) is 0.417. The zero-order valence-electron chi connectivity index (χ0n) is 9.06. The van der Waals surface area contributed by atoms with Gasteiger partial charge in [-0.15, -0.1) is 0 Å². The maximum Gasteiger partial charge on any atom is 0.150 e. The summed E-state index contributed by atoms with van der Waals surface area (Å²) in [6, 6.07) is 5.11. The number of rotatable bonds is 5. The van der Waals surface area contributed by atoms with Crippen LogP contribution in [-0.4, -0.2) is 27.9 Å². The maximum absolute atomic E-state index is 10.7. The second-order valence-electron chi connectivity index (χ2n) is 3.78. The van der Waals surface area contributed by atoms with E-state index in [1.807, 2.05) is 6.92 Å². The molecule has 0 aromatic heterocycles. The Labute approximate surface area is 103 Å². The molecule has 2 atom stereocenters. The minimum Gasteiger partial charge on any atom is -0.390 e. The molecule has 0 aliphatic heterocycles. The van der Waals surface area contributed by atoms with E-state index < -0.39 is 12.2 Å². The van der Waals surface area contributed by atoms with Gasteiger partial charge in [0.1, 0.15) is 12.4 Å². The largest absolute Gasteiger partial charge is 0.390 e. The van der Waals surface area contributed by atoms with Gasteiger partial charge in [0, 0.05) is 10.9 Å². The molecule has 4 heteroatoms. The third-order valence-electron chi connectivity index (χ3n) is 2.37. The zero-order chi connectivity index (χ0) is 12.1. The van der Waals surface area contributed by atoms with Crippen LogP contribution in [0.15, 0.2) is 18.2 Å². The predicted molar refractivity (Wildman–Crippen MR) is 65.9 cm³/mol. The third kappa shape index (κ3) is 3.40. The summed E-state index contributed by atoms with van der Waals surface area (Å²) in [4.78, 5) is 10.7. The molecule has 1 aromatic carbocycles. The molecule has 0 saturated carbocycles. The van der Waals surface area contributed by atoms with Crippen LogP contribution in [-0.2, 0) is 0 Å². The molecule has 0 aliphatic rings. The highest BCUT2D eigenvalue weighted by molar-refractivity contribution is 9.09. The number of alkyl halides is 1. The van der Waals surface area contributed by atoms with Crippen molar-refractivity contribution in [3.8, 4) is 0 Å². The van der Waals surface area contributed by atoms with Gasteiger partial charge in [-0.25, -0.2) is 0 Å². The molecular weight excluding hydrogens is 272 g/mol. The van der Waals surface area contributed by atoms with Gasteiger partial charge < -0.3 is 10.2 Å². The van der Waals surface area contributed by atoms with Gasteiger partial charge in [0.05, 0.1) is 6.10 Å². The Kier molecular flexibility index (Phi) is 5.12. The van der Waals surface area contributed by atoms with Crippen LogP contribution in [0.25, 0.3) is 0 Å².